The van der Waals surface area contributed by atoms with Gasteiger partial charge in [-0.25, -0.2) is 15.6 Å². The van der Waals surface area contributed by atoms with Crippen LogP contribution in [0.1, 0.15) is 38.2 Å². The van der Waals surface area contributed by atoms with Gasteiger partial charge in [0.2, 0.25) is 0 Å². The smallest absolute Gasteiger partial charge is 0.334 e. The molecule has 2 saturated carbocycles. The van der Waals surface area contributed by atoms with E-state index < -0.39 is 11.3 Å². The third-order valence-corrected chi connectivity index (χ3v) is 6.78. The largest absolute Gasteiger partial charge is 0.441 e. The zero-order chi connectivity index (χ0) is 14.9. The zero-order valence-electron chi connectivity index (χ0n) is 12.8. The van der Waals surface area contributed by atoms with E-state index in [2.05, 4.69) is 29.9 Å². The molecule has 4 heteroatoms. The topological polar surface area (TPSA) is 50.4 Å². The number of fused-ring (bicyclic) bond motifs is 4. The Morgan fingerprint density at radius 1 is 1.14 bits per heavy atom. The lowest BCUT2D eigenvalue weighted by molar-refractivity contribution is -0.251. The second-order valence-electron chi connectivity index (χ2n) is 7.44. The van der Waals surface area contributed by atoms with Gasteiger partial charge >= 0.3 is 5.97 Å². The van der Waals surface area contributed by atoms with Crippen molar-refractivity contribution in [2.45, 2.75) is 43.9 Å². The monoisotopic (exact) mass is 298 g/mol. The fraction of sp³-hybridized carbons (Fsp3) is 0.611. The summed E-state index contributed by atoms with van der Waals surface area (Å²) >= 11 is 0. The Balaban J connectivity index is 1.71. The normalized spacial score (nSPS) is 48.3. The maximum absolute atomic E-state index is 13.0. The van der Waals surface area contributed by atoms with Crippen molar-refractivity contribution >= 4 is 5.97 Å². The lowest BCUT2D eigenvalue weighted by Gasteiger charge is -2.62. The fourth-order valence-corrected chi connectivity index (χ4v) is 5.96. The number of rotatable bonds is 2. The molecule has 6 rings (SSSR count). The summed E-state index contributed by atoms with van der Waals surface area (Å²) in [6.07, 6.45) is 4.62. The van der Waals surface area contributed by atoms with Gasteiger partial charge in [0, 0.05) is 11.8 Å². The van der Waals surface area contributed by atoms with Crippen LogP contribution < -0.4 is 10.9 Å². The predicted octanol–water partition coefficient (Wildman–Crippen LogP) is 2.32. The van der Waals surface area contributed by atoms with Crippen molar-refractivity contribution in [1.29, 1.82) is 0 Å². The van der Waals surface area contributed by atoms with Crippen LogP contribution >= 0.6 is 0 Å². The van der Waals surface area contributed by atoms with Crippen LogP contribution in [0.25, 0.3) is 0 Å². The summed E-state index contributed by atoms with van der Waals surface area (Å²) < 4.78 is 6.03. The summed E-state index contributed by atoms with van der Waals surface area (Å²) in [4.78, 5) is 13.0. The maximum atomic E-state index is 13.0. The van der Waals surface area contributed by atoms with E-state index in [1.807, 2.05) is 18.2 Å². The quantitative estimate of drug-likeness (QED) is 0.823. The second-order valence-corrected chi connectivity index (χ2v) is 7.44. The number of benzene rings is 1. The number of ether oxygens (including phenoxy) is 1. The van der Waals surface area contributed by atoms with Crippen LogP contribution in [-0.2, 0) is 15.1 Å². The number of nitrogens with one attached hydrogen (secondary N) is 2. The molecule has 0 spiro atoms. The van der Waals surface area contributed by atoms with E-state index in [9.17, 15) is 4.79 Å². The van der Waals surface area contributed by atoms with E-state index >= 15 is 0 Å². The number of hydrazine groups is 1. The fourth-order valence-electron chi connectivity index (χ4n) is 5.96. The Labute approximate surface area is 130 Å². The molecular formula is C18H22N2O2. The Hall–Kier alpha value is -1.39. The van der Waals surface area contributed by atoms with E-state index in [0.29, 0.717) is 23.7 Å². The van der Waals surface area contributed by atoms with E-state index in [1.54, 1.807) is 0 Å². The average Bonchev–Trinajstić information content (AvgIpc) is 3.19. The SMILES string of the molecule is CC[C@]12NN[C@](c3ccccc3)(C(=O)O1)[C@H]1[C@H]3CC[C@@H](C3)[C@@H]12. The third-order valence-electron chi connectivity index (χ3n) is 6.78. The van der Waals surface area contributed by atoms with Gasteiger partial charge in [-0.3, -0.25) is 0 Å². The van der Waals surface area contributed by atoms with Gasteiger partial charge in [0.05, 0.1) is 0 Å². The molecule has 4 nitrogen and oxygen atoms in total. The van der Waals surface area contributed by atoms with E-state index in [1.165, 1.54) is 19.3 Å². The van der Waals surface area contributed by atoms with Crippen LogP contribution in [0, 0.1) is 23.7 Å². The van der Waals surface area contributed by atoms with Gasteiger partial charge in [0.1, 0.15) is 0 Å². The molecule has 6 atom stereocenters. The molecule has 0 aromatic heterocycles. The Morgan fingerprint density at radius 2 is 1.86 bits per heavy atom. The van der Waals surface area contributed by atoms with Gasteiger partial charge < -0.3 is 4.74 Å². The Bertz CT molecular complexity index is 633. The summed E-state index contributed by atoms with van der Waals surface area (Å²) in [5.74, 6) is 2.05. The van der Waals surface area contributed by atoms with Gasteiger partial charge in [-0.2, -0.15) is 0 Å². The van der Waals surface area contributed by atoms with E-state index in [-0.39, 0.29) is 5.97 Å². The lowest BCUT2D eigenvalue weighted by atomic mass is 9.59. The minimum atomic E-state index is -0.706. The van der Waals surface area contributed by atoms with Gasteiger partial charge in [0.25, 0.3) is 0 Å². The molecule has 3 saturated heterocycles. The predicted molar refractivity (Wildman–Crippen MR) is 81.3 cm³/mol. The molecule has 22 heavy (non-hydrogen) atoms. The molecule has 1 aromatic rings. The minimum Gasteiger partial charge on any atom is -0.441 e. The van der Waals surface area contributed by atoms with Crippen molar-refractivity contribution in [2.75, 3.05) is 0 Å². The highest BCUT2D eigenvalue weighted by Gasteiger charge is 2.73. The molecule has 2 aliphatic carbocycles. The molecule has 2 N–H and O–H groups in total. The second kappa shape index (κ2) is 4.12. The van der Waals surface area contributed by atoms with Crippen molar-refractivity contribution in [2.24, 2.45) is 23.7 Å². The molecule has 1 aromatic carbocycles. The van der Waals surface area contributed by atoms with E-state index in [0.717, 1.165) is 12.0 Å². The molecular weight excluding hydrogens is 276 g/mol. The van der Waals surface area contributed by atoms with Gasteiger partial charge in [-0.05, 0) is 43.1 Å². The molecule has 5 aliphatic rings. The van der Waals surface area contributed by atoms with Crippen molar-refractivity contribution in [1.82, 2.24) is 10.9 Å². The number of hydrogen-bond acceptors (Lipinski definition) is 4. The van der Waals surface area contributed by atoms with Crippen LogP contribution in [0.15, 0.2) is 30.3 Å². The summed E-state index contributed by atoms with van der Waals surface area (Å²) in [6, 6.07) is 10.1. The molecule has 3 heterocycles. The average molecular weight is 298 g/mol. The van der Waals surface area contributed by atoms with Gasteiger partial charge in [-0.15, -0.1) is 0 Å². The highest BCUT2D eigenvalue weighted by Crippen LogP contribution is 2.65. The number of esters is 1. The van der Waals surface area contributed by atoms with Crippen molar-refractivity contribution < 1.29 is 9.53 Å². The Morgan fingerprint density at radius 3 is 2.55 bits per heavy atom. The molecule has 5 fully saturated rings. The molecule has 116 valence electrons. The highest BCUT2D eigenvalue weighted by atomic mass is 16.6. The first-order chi connectivity index (χ1) is 10.7. The van der Waals surface area contributed by atoms with Gasteiger partial charge in [0.15, 0.2) is 11.3 Å². The number of hydrogen-bond donors (Lipinski definition) is 2. The maximum Gasteiger partial charge on any atom is 0.334 e. The first-order valence-electron chi connectivity index (χ1n) is 8.54. The van der Waals surface area contributed by atoms with Crippen LogP contribution in [0.4, 0.5) is 0 Å². The summed E-state index contributed by atoms with van der Waals surface area (Å²) in [7, 11) is 0. The van der Waals surface area contributed by atoms with Crippen LogP contribution in [0.5, 0.6) is 0 Å². The van der Waals surface area contributed by atoms with Crippen molar-refractivity contribution in [3.8, 4) is 0 Å². The standard InChI is InChI=1S/C18H22N2O2/c1-2-17-14-11-8-9-12(10-11)15(14)18(20-19-17,16(21)22-17)13-6-4-3-5-7-13/h3-7,11-12,14-15,19-20H,2,8-10H2,1H3/t11-,12-,14-,15-,17-,18-/m0/s1. The number of carbonyl (C=O) groups is 1. The molecule has 3 aliphatic heterocycles. The van der Waals surface area contributed by atoms with Crippen LogP contribution in [-0.4, -0.2) is 11.7 Å². The zero-order valence-corrected chi connectivity index (χ0v) is 12.8. The molecule has 4 bridgehead atoms. The summed E-state index contributed by atoms with van der Waals surface area (Å²) in [6.45, 7) is 2.12. The first kappa shape index (κ1) is 13.1. The lowest BCUT2D eigenvalue weighted by Crippen LogP contribution is -2.82. The molecule has 0 unspecified atom stereocenters. The van der Waals surface area contributed by atoms with Crippen molar-refractivity contribution in [3.63, 3.8) is 0 Å². The summed E-state index contributed by atoms with van der Waals surface area (Å²) in [5, 5.41) is 0. The third kappa shape index (κ3) is 1.30. The van der Waals surface area contributed by atoms with E-state index in [4.69, 9.17) is 4.74 Å². The Kier molecular flexibility index (Phi) is 2.45. The van der Waals surface area contributed by atoms with Crippen molar-refractivity contribution in [3.05, 3.63) is 35.9 Å². The van der Waals surface area contributed by atoms with Crippen LogP contribution in [0.3, 0.4) is 0 Å². The molecule has 0 radical (unpaired) electrons. The van der Waals surface area contributed by atoms with Crippen LogP contribution in [0.2, 0.25) is 0 Å². The molecule has 0 amide bonds. The number of carbonyl (C=O) groups excluding carboxylic acids is 1. The highest BCUT2D eigenvalue weighted by molar-refractivity contribution is 5.85. The first-order valence-corrected chi connectivity index (χ1v) is 8.54. The van der Waals surface area contributed by atoms with Gasteiger partial charge in [-0.1, -0.05) is 37.3 Å². The summed E-state index contributed by atoms with van der Waals surface area (Å²) in [5.41, 5.74) is 6.67. The minimum absolute atomic E-state index is 0.0897.